The molecule has 0 unspecified atom stereocenters. The number of anilines is 1. The zero-order chi connectivity index (χ0) is 18.4. The maximum atomic E-state index is 12.0. The molecule has 1 aromatic heterocycles. The number of ether oxygens (including phenoxy) is 1. The Balaban J connectivity index is 1.86. The average molecular weight is 374 g/mol. The summed E-state index contributed by atoms with van der Waals surface area (Å²) in [6, 6.07) is 5.44. The lowest BCUT2D eigenvalue weighted by molar-refractivity contribution is -0.153. The van der Waals surface area contributed by atoms with Gasteiger partial charge >= 0.3 is 6.18 Å². The van der Waals surface area contributed by atoms with Crippen LogP contribution < -0.4 is 15.6 Å². The van der Waals surface area contributed by atoms with E-state index in [1.54, 1.807) is 0 Å². The van der Waals surface area contributed by atoms with E-state index in [2.05, 4.69) is 25.2 Å². The van der Waals surface area contributed by atoms with Gasteiger partial charge in [-0.15, -0.1) is 0 Å². The van der Waals surface area contributed by atoms with E-state index in [0.717, 1.165) is 0 Å². The molecule has 0 bridgehead atoms. The van der Waals surface area contributed by atoms with Crippen molar-refractivity contribution in [2.75, 3.05) is 11.9 Å². The van der Waals surface area contributed by atoms with Crippen LogP contribution >= 0.6 is 12.2 Å². The zero-order valence-electron chi connectivity index (χ0n) is 12.6. The maximum Gasteiger partial charge on any atom is 0.422 e. The highest BCUT2D eigenvalue weighted by atomic mass is 32.1. The average Bonchev–Trinajstić information content (AvgIpc) is 2.52. The molecule has 2 aromatic rings. The first-order chi connectivity index (χ1) is 11.7. The Bertz CT molecular complexity index is 846. The van der Waals surface area contributed by atoms with E-state index in [1.165, 1.54) is 24.3 Å². The van der Waals surface area contributed by atoms with Gasteiger partial charge in [0.25, 0.3) is 5.56 Å². The topological polar surface area (TPSA) is 99.9 Å². The molecule has 0 aliphatic carbocycles. The molecule has 0 spiro atoms. The lowest BCUT2D eigenvalue weighted by atomic mass is 10.2. The van der Waals surface area contributed by atoms with Crippen LogP contribution in [0.1, 0.15) is 12.1 Å². The summed E-state index contributed by atoms with van der Waals surface area (Å²) in [7, 11) is 0. The Kier molecular flexibility index (Phi) is 5.91. The molecule has 0 aliphatic heterocycles. The molecule has 0 aliphatic rings. The van der Waals surface area contributed by atoms with Gasteiger partial charge in [0.15, 0.2) is 11.4 Å². The number of H-pyrrole nitrogens is 2. The molecule has 1 aromatic carbocycles. The quantitative estimate of drug-likeness (QED) is 0.674. The van der Waals surface area contributed by atoms with E-state index >= 15 is 0 Å². The minimum absolute atomic E-state index is 0.00692. The predicted molar refractivity (Wildman–Crippen MR) is 85.0 cm³/mol. The van der Waals surface area contributed by atoms with Crippen LogP contribution in [0.5, 0.6) is 5.75 Å². The lowest BCUT2D eigenvalue weighted by Gasteiger charge is -2.10. The number of halogens is 3. The molecule has 25 heavy (non-hydrogen) atoms. The van der Waals surface area contributed by atoms with Crippen molar-refractivity contribution in [1.29, 1.82) is 0 Å². The summed E-state index contributed by atoms with van der Waals surface area (Å²) in [5, 5.41) is 8.73. The summed E-state index contributed by atoms with van der Waals surface area (Å²) in [4.78, 5) is 25.8. The molecular weight excluding hydrogens is 361 g/mol. The van der Waals surface area contributed by atoms with Crippen molar-refractivity contribution >= 4 is 23.8 Å². The summed E-state index contributed by atoms with van der Waals surface area (Å²) in [6.07, 6.45) is -4.33. The number of alkyl halides is 3. The van der Waals surface area contributed by atoms with E-state index in [9.17, 15) is 22.8 Å². The van der Waals surface area contributed by atoms with Gasteiger partial charge in [0, 0.05) is 18.5 Å². The van der Waals surface area contributed by atoms with Crippen LogP contribution in [0, 0.1) is 4.77 Å². The van der Waals surface area contributed by atoms with Crippen molar-refractivity contribution in [2.45, 2.75) is 19.0 Å². The molecule has 134 valence electrons. The van der Waals surface area contributed by atoms with Crippen LogP contribution in [-0.2, 0) is 11.2 Å². The summed E-state index contributed by atoms with van der Waals surface area (Å²) >= 11 is 4.71. The largest absolute Gasteiger partial charge is 0.484 e. The van der Waals surface area contributed by atoms with Crippen molar-refractivity contribution in [1.82, 2.24) is 15.2 Å². The monoisotopic (exact) mass is 374 g/mol. The molecule has 0 saturated heterocycles. The molecule has 2 rings (SSSR count). The molecule has 0 saturated carbocycles. The van der Waals surface area contributed by atoms with Crippen molar-refractivity contribution < 1.29 is 22.7 Å². The fraction of sp³-hybridized carbons (Fsp3) is 0.286. The van der Waals surface area contributed by atoms with Gasteiger partial charge in [-0.25, -0.2) is 0 Å². The third-order valence-electron chi connectivity index (χ3n) is 2.91. The van der Waals surface area contributed by atoms with Crippen LogP contribution in [-0.4, -0.2) is 33.9 Å². The summed E-state index contributed by atoms with van der Waals surface area (Å²) < 4.78 is 40.8. The molecular formula is C14H13F3N4O3S. The molecule has 0 atom stereocenters. The Labute approximate surface area is 144 Å². The number of rotatable bonds is 6. The molecule has 0 radical (unpaired) electrons. The minimum Gasteiger partial charge on any atom is -0.484 e. The second-order valence-electron chi connectivity index (χ2n) is 4.93. The number of hydrogen-bond acceptors (Lipinski definition) is 5. The number of aryl methyl sites for hydroxylation is 1. The van der Waals surface area contributed by atoms with Crippen LogP contribution in [0.3, 0.4) is 0 Å². The second-order valence-corrected chi connectivity index (χ2v) is 5.34. The number of nitrogens with zero attached hydrogens (tertiary/aromatic N) is 1. The van der Waals surface area contributed by atoms with E-state index in [1.807, 2.05) is 0 Å². The molecule has 7 nitrogen and oxygen atoms in total. The number of aromatic amines is 2. The first-order valence-electron chi connectivity index (χ1n) is 7.00. The lowest BCUT2D eigenvalue weighted by Crippen LogP contribution is -2.20. The number of hydrogen-bond donors (Lipinski definition) is 3. The van der Waals surface area contributed by atoms with Crippen LogP contribution in [0.25, 0.3) is 0 Å². The Morgan fingerprint density at radius 1 is 1.28 bits per heavy atom. The number of amides is 1. The zero-order valence-corrected chi connectivity index (χ0v) is 13.5. The fourth-order valence-electron chi connectivity index (χ4n) is 1.80. The van der Waals surface area contributed by atoms with Crippen molar-refractivity contribution in [2.24, 2.45) is 0 Å². The first-order valence-corrected chi connectivity index (χ1v) is 7.41. The van der Waals surface area contributed by atoms with E-state index in [0.29, 0.717) is 5.69 Å². The summed E-state index contributed by atoms with van der Waals surface area (Å²) in [5.41, 5.74) is 0.0565. The number of benzene rings is 1. The highest BCUT2D eigenvalue weighted by Gasteiger charge is 2.28. The standard InChI is InChI=1S/C14H13F3N4O3S/c15-14(16,17)7-24-9-3-1-8(2-4-9)18-11(22)6-5-10-12(23)19-13(25)21-20-10/h1-4H,5-7H2,(H,18,22)(H2,19,21,23,25). The molecule has 1 amide bonds. The highest BCUT2D eigenvalue weighted by Crippen LogP contribution is 2.20. The molecule has 1 heterocycles. The number of nitrogens with one attached hydrogen (secondary N) is 3. The predicted octanol–water partition coefficient (Wildman–Crippen LogP) is 2.34. The van der Waals surface area contributed by atoms with Crippen molar-refractivity contribution in [3.8, 4) is 5.75 Å². The second kappa shape index (κ2) is 7.92. The van der Waals surface area contributed by atoms with E-state index in [4.69, 9.17) is 12.2 Å². The first kappa shape index (κ1) is 18.6. The van der Waals surface area contributed by atoms with Gasteiger partial charge in [-0.3, -0.25) is 19.7 Å². The summed E-state index contributed by atoms with van der Waals surface area (Å²) in [5.74, 6) is -0.349. The van der Waals surface area contributed by atoms with Gasteiger partial charge in [-0.2, -0.15) is 18.3 Å². The third kappa shape index (κ3) is 6.37. The fourth-order valence-corrected chi connectivity index (χ4v) is 1.94. The van der Waals surface area contributed by atoms with Gasteiger partial charge in [0.05, 0.1) is 0 Å². The SMILES string of the molecule is O=C(CCc1n[nH]c(=S)[nH]c1=O)Nc1ccc(OCC(F)(F)F)cc1. The van der Waals surface area contributed by atoms with Crippen LogP contribution in [0.4, 0.5) is 18.9 Å². The minimum atomic E-state index is -4.42. The van der Waals surface area contributed by atoms with Gasteiger partial charge < -0.3 is 10.1 Å². The summed E-state index contributed by atoms with van der Waals surface area (Å²) in [6.45, 7) is -1.39. The van der Waals surface area contributed by atoms with Crippen LogP contribution in [0.15, 0.2) is 29.1 Å². The van der Waals surface area contributed by atoms with Gasteiger partial charge in [-0.05, 0) is 36.5 Å². The van der Waals surface area contributed by atoms with Gasteiger partial charge in [0.2, 0.25) is 5.91 Å². The van der Waals surface area contributed by atoms with E-state index in [-0.39, 0.29) is 35.0 Å². The smallest absolute Gasteiger partial charge is 0.422 e. The Hall–Kier alpha value is -2.69. The number of carbonyl (C=O) groups is 1. The number of aromatic nitrogens is 3. The Morgan fingerprint density at radius 2 is 1.96 bits per heavy atom. The molecule has 3 N–H and O–H groups in total. The molecule has 0 fully saturated rings. The van der Waals surface area contributed by atoms with Crippen LogP contribution in [0.2, 0.25) is 0 Å². The Morgan fingerprint density at radius 3 is 2.56 bits per heavy atom. The van der Waals surface area contributed by atoms with Gasteiger partial charge in [0.1, 0.15) is 11.4 Å². The third-order valence-corrected chi connectivity index (χ3v) is 3.10. The normalized spacial score (nSPS) is 11.2. The van der Waals surface area contributed by atoms with Crippen molar-refractivity contribution in [3.63, 3.8) is 0 Å². The number of carbonyl (C=O) groups excluding carboxylic acids is 1. The van der Waals surface area contributed by atoms with Gasteiger partial charge in [-0.1, -0.05) is 0 Å². The van der Waals surface area contributed by atoms with E-state index < -0.39 is 18.3 Å². The highest BCUT2D eigenvalue weighted by molar-refractivity contribution is 7.71. The maximum absolute atomic E-state index is 12.0. The molecule has 11 heteroatoms. The van der Waals surface area contributed by atoms with Crippen molar-refractivity contribution in [3.05, 3.63) is 45.1 Å².